The third-order valence-electron chi connectivity index (χ3n) is 18.7. The van der Waals surface area contributed by atoms with Crippen LogP contribution in [0.15, 0.2) is 305 Å². The van der Waals surface area contributed by atoms with E-state index in [0.29, 0.717) is 108 Å². The minimum Gasteiger partial charge on any atom is -0.508 e. The van der Waals surface area contributed by atoms with Crippen LogP contribution in [0.4, 0.5) is 0 Å². The fraction of sp³-hybridized carbons (Fsp3) is 0.0211. The van der Waals surface area contributed by atoms with Crippen molar-refractivity contribution in [3.05, 3.63) is 392 Å². The number of phenols is 3. The summed E-state index contributed by atoms with van der Waals surface area (Å²) in [4.78, 5) is 105. The number of hydrogen-bond donors (Lipinski definition) is 6. The summed E-state index contributed by atoms with van der Waals surface area (Å²) in [6.45, 7) is 3.88. The first-order valence-electron chi connectivity index (χ1n) is 37.1. The number of aromatic hydroxyl groups is 3. The number of aromatic amines is 3. The van der Waals surface area contributed by atoms with E-state index >= 15 is 0 Å². The molecule has 0 spiro atoms. The van der Waals surface area contributed by atoms with Gasteiger partial charge in [0.1, 0.15) is 46.1 Å². The molecule has 0 unspecified atom stereocenters. The molecule has 22 rings (SSSR count). The lowest BCUT2D eigenvalue weighted by Gasteiger charge is -2.02. The molecule has 0 bridgehead atoms. The highest BCUT2D eigenvalue weighted by molar-refractivity contribution is 7.11. The number of H-pyrrole nitrogens is 3. The number of Topliss-reactive ketones (excluding diaryl/α,β-unsaturated/α-hetero) is 7. The zero-order valence-electron chi connectivity index (χ0n) is 63.5. The van der Waals surface area contributed by atoms with E-state index in [0.717, 1.165) is 52.9 Å². The lowest BCUT2D eigenvalue weighted by molar-refractivity contribution is 0.101. The Morgan fingerprint density at radius 3 is 1.19 bits per heavy atom. The van der Waals surface area contributed by atoms with E-state index in [-0.39, 0.29) is 69.1 Å². The molecule has 14 heterocycles. The SMILES string of the molecule is Cc1[nH]cnc1/C=C1\Oc2ccccc2C1=O.Cc1ccc2c(c1)O/C(=C\c1cccs1)C2=O.O=C1/C(=C/c2c[nH]c3ccccc23)Oc2ccccc21.O=C1/C(=C/c2cccs2)Oc2c1ccc(O)c2O.O=C1/C(=C/c2cccs2)Oc2cc(O)ccc21.O=C1/C(=C/c2cccs2)Oc2ccccc21.O=C1/C(=C/c2ncc[nH]2)Oc2ccccc21. The Bertz CT molecular complexity index is 6560. The normalized spacial score (nSPS) is 16.0. The third kappa shape index (κ3) is 17.7. The van der Waals surface area contributed by atoms with Crippen molar-refractivity contribution in [1.29, 1.82) is 0 Å². The molecule has 26 heteroatoms. The topological polar surface area (TPSA) is 318 Å². The van der Waals surface area contributed by atoms with Gasteiger partial charge in [0, 0.05) is 103 Å². The molecule has 7 aliphatic rings. The standard InChI is InChI=1S/C17H11NO2.C14H10O2S.C13H10N2O2.C13H8O4S.C13H8O3S.C13H8O2S.C12H8N2O2/c19-17-13-6-2-4-8-15(13)20-16(17)9-11-10-18-14-7-3-1-5-12(11)14;1-9-4-5-11-12(7-9)16-13(14(11)15)8-10-3-2-6-17-10;1-8-10(15-7-14-8)6-12-13(16)9-4-2-3-5-11(9)17-12;14-9-4-3-8-11(15)10(17-13(8)12(9)16)6-7-2-1-5-18-7;14-8-3-4-10-11(6-8)16-12(13(10)15)7-9-2-1-5-17-9;14-13-10-5-1-2-6-11(10)15-12(13)8-9-4-3-7-16-9;15-12-8-3-1-2-4-9(8)16-10(12)7-11-13-5-6-14-11/h1-10,18H;2-8H,1H3;2-7H,1H3,(H,14,15);1-6,14,16H;1-7,14H;1-8H;1-7H,(H,13,14)/b16-9-;13-8-;12-6-;10-6-;12-7-;12-8-;10-7-. The Kier molecular flexibility index (Phi) is 23.2. The van der Waals surface area contributed by atoms with Crippen LogP contribution in [-0.2, 0) is 0 Å². The number of benzene rings is 8. The lowest BCUT2D eigenvalue weighted by Crippen LogP contribution is -1.98. The summed E-state index contributed by atoms with van der Waals surface area (Å²) in [6.07, 6.45) is 18.8. The van der Waals surface area contributed by atoms with Crippen molar-refractivity contribution in [2.75, 3.05) is 0 Å². The van der Waals surface area contributed by atoms with Crippen LogP contribution in [-0.4, -0.2) is 80.7 Å². The Morgan fingerprint density at radius 1 is 0.347 bits per heavy atom. The molecule has 8 aromatic carbocycles. The third-order valence-corrected chi connectivity index (χ3v) is 21.9. The molecule has 15 aromatic rings. The molecule has 7 aliphatic heterocycles. The molecule has 6 N–H and O–H groups in total. The van der Waals surface area contributed by atoms with Crippen molar-refractivity contribution >= 4 is 139 Å². The predicted octanol–water partition coefficient (Wildman–Crippen LogP) is 21.0. The molecule has 121 heavy (non-hydrogen) atoms. The van der Waals surface area contributed by atoms with Gasteiger partial charge in [0.05, 0.1) is 51.0 Å². The fourth-order valence-electron chi connectivity index (χ4n) is 12.7. The maximum Gasteiger partial charge on any atom is 0.232 e. The van der Waals surface area contributed by atoms with Crippen molar-refractivity contribution in [3.8, 4) is 57.5 Å². The molecule has 7 aromatic heterocycles. The molecule has 0 aliphatic carbocycles. The molecule has 0 radical (unpaired) electrons. The second kappa shape index (κ2) is 35.5. The van der Waals surface area contributed by atoms with Gasteiger partial charge in [-0.05, 0) is 162 Å². The van der Waals surface area contributed by atoms with Gasteiger partial charge < -0.3 is 63.4 Å². The van der Waals surface area contributed by atoms with E-state index in [2.05, 4.69) is 24.9 Å². The monoisotopic (exact) mass is 1670 g/mol. The molecule has 0 amide bonds. The molecule has 0 atom stereocenters. The van der Waals surface area contributed by atoms with Crippen LogP contribution >= 0.6 is 45.3 Å². The zero-order chi connectivity index (χ0) is 83.6. The highest BCUT2D eigenvalue weighted by Gasteiger charge is 2.34. The number of carbonyl (C=O) groups is 7. The highest BCUT2D eigenvalue weighted by Crippen LogP contribution is 2.45. The Labute approximate surface area is 704 Å². The summed E-state index contributed by atoms with van der Waals surface area (Å²) in [7, 11) is 0. The Hall–Kier alpha value is -15.6. The fourth-order valence-corrected chi connectivity index (χ4v) is 15.3. The number of nitrogens with zero attached hydrogens (tertiary/aromatic N) is 2. The van der Waals surface area contributed by atoms with Crippen LogP contribution in [0.25, 0.3) is 53.4 Å². The molecule has 0 fully saturated rings. The summed E-state index contributed by atoms with van der Waals surface area (Å²) < 4.78 is 38.4. The summed E-state index contributed by atoms with van der Waals surface area (Å²) in [6, 6.07) is 65.2. The Morgan fingerprint density at radius 2 is 0.744 bits per heavy atom. The second-order valence-corrected chi connectivity index (χ2v) is 30.7. The van der Waals surface area contributed by atoms with Gasteiger partial charge in [0.2, 0.25) is 46.2 Å². The van der Waals surface area contributed by atoms with Gasteiger partial charge in [-0.15, -0.1) is 45.3 Å². The summed E-state index contributed by atoms with van der Waals surface area (Å²) in [5.74, 6) is 5.05. The van der Waals surface area contributed by atoms with E-state index < -0.39 is 5.75 Å². The van der Waals surface area contributed by atoms with E-state index in [1.54, 1.807) is 126 Å². The van der Waals surface area contributed by atoms with Gasteiger partial charge in [-0.25, -0.2) is 9.97 Å². The van der Waals surface area contributed by atoms with Crippen LogP contribution in [0, 0.1) is 13.8 Å². The summed E-state index contributed by atoms with van der Waals surface area (Å²) in [5, 5.41) is 37.1. The number of fused-ring (bicyclic) bond motifs is 8. The number of thiophene rings is 4. The van der Waals surface area contributed by atoms with Crippen molar-refractivity contribution in [2.45, 2.75) is 13.8 Å². The quantitative estimate of drug-likeness (QED) is 0.0638. The van der Waals surface area contributed by atoms with Crippen molar-refractivity contribution < 1.29 is 82.0 Å². The van der Waals surface area contributed by atoms with E-state index in [4.69, 9.17) is 33.2 Å². The first-order valence-corrected chi connectivity index (χ1v) is 40.6. The number of rotatable bonds is 7. The minimum absolute atomic E-state index is 0.0165. The highest BCUT2D eigenvalue weighted by atomic mass is 32.1. The smallest absolute Gasteiger partial charge is 0.232 e. The van der Waals surface area contributed by atoms with Crippen LogP contribution in [0.5, 0.6) is 57.5 Å². The summed E-state index contributed by atoms with van der Waals surface area (Å²) in [5.41, 5.74) is 8.59. The molecular formula is C95H63N5O17S4. The zero-order valence-corrected chi connectivity index (χ0v) is 66.8. The molecule has 22 nitrogen and oxygen atoms in total. The molecule has 594 valence electrons. The van der Waals surface area contributed by atoms with Crippen LogP contribution in [0.3, 0.4) is 0 Å². The number of ether oxygens (including phenoxy) is 7. The van der Waals surface area contributed by atoms with E-state index in [9.17, 15) is 48.9 Å². The van der Waals surface area contributed by atoms with Gasteiger partial charge in [-0.2, -0.15) is 0 Å². The number of aryl methyl sites for hydroxylation is 2. The molecule has 0 saturated carbocycles. The number of nitrogens with one attached hydrogen (secondary N) is 3. The number of carbonyl (C=O) groups excluding carboxylic acids is 7. The molecular weight excluding hydrogens is 1610 g/mol. The van der Waals surface area contributed by atoms with Crippen LogP contribution in [0.1, 0.15) is 120 Å². The number of phenolic OH excluding ortho intramolecular Hbond substituents is 3. The second-order valence-electron chi connectivity index (χ2n) is 26.8. The van der Waals surface area contributed by atoms with Gasteiger partial charge in [-0.1, -0.05) is 97.1 Å². The predicted molar refractivity (Wildman–Crippen MR) is 463 cm³/mol. The van der Waals surface area contributed by atoms with Gasteiger partial charge in [-0.3, -0.25) is 33.6 Å². The van der Waals surface area contributed by atoms with Gasteiger partial charge in [0.15, 0.2) is 51.8 Å². The first kappa shape index (κ1) is 79.2. The summed E-state index contributed by atoms with van der Waals surface area (Å²) >= 11 is 6.18. The van der Waals surface area contributed by atoms with Crippen molar-refractivity contribution in [1.82, 2.24) is 24.9 Å². The van der Waals surface area contributed by atoms with Crippen molar-refractivity contribution in [3.63, 3.8) is 0 Å². The van der Waals surface area contributed by atoms with Gasteiger partial charge >= 0.3 is 0 Å². The first-order chi connectivity index (χ1) is 58.9. The number of allylic oxidation sites excluding steroid dienone is 7. The number of imidazole rings is 2. The van der Waals surface area contributed by atoms with Crippen molar-refractivity contribution in [2.24, 2.45) is 0 Å². The largest absolute Gasteiger partial charge is 0.508 e. The maximum absolute atomic E-state index is 12.3. The van der Waals surface area contributed by atoms with Crippen LogP contribution < -0.4 is 33.2 Å². The minimum atomic E-state index is -0.407. The average Bonchev–Trinajstić information content (AvgIpc) is 1.61. The average molecular weight is 1670 g/mol. The van der Waals surface area contributed by atoms with E-state index in [1.165, 1.54) is 46.9 Å². The maximum atomic E-state index is 12.3. The number of hydrogen-bond acceptors (Lipinski definition) is 23. The Balaban J connectivity index is 0.000000105. The van der Waals surface area contributed by atoms with Gasteiger partial charge in [0.25, 0.3) is 0 Å². The molecule has 0 saturated heterocycles. The van der Waals surface area contributed by atoms with Crippen LogP contribution in [0.2, 0.25) is 0 Å². The number of aromatic nitrogens is 5. The lowest BCUT2D eigenvalue weighted by atomic mass is 10.1. The number of ketones is 7. The van der Waals surface area contributed by atoms with E-state index in [1.807, 2.05) is 193 Å². The number of para-hydroxylation sites is 5.